The molecular weight excluding hydrogens is 390 g/mol. The lowest BCUT2D eigenvalue weighted by molar-refractivity contribution is -0.139. The zero-order valence-electron chi connectivity index (χ0n) is 13.5. The summed E-state index contributed by atoms with van der Waals surface area (Å²) in [7, 11) is -4.84. The number of piperidine rings is 1. The zero-order valence-corrected chi connectivity index (χ0v) is 15.2. The number of urea groups is 1. The average molecular weight is 409 g/mol. The van der Waals surface area contributed by atoms with Gasteiger partial charge in [-0.25, -0.2) is 10.3 Å². The van der Waals surface area contributed by atoms with Gasteiger partial charge in [0.15, 0.2) is 0 Å². The third-order valence-electron chi connectivity index (χ3n) is 3.55. The number of thiazole rings is 1. The smallest absolute Gasteiger partial charge is 0.321 e. The lowest BCUT2D eigenvalue weighted by atomic mass is 10.0. The maximum absolute atomic E-state index is 12.3. The average Bonchev–Trinajstić information content (AvgIpc) is 3.13. The minimum Gasteiger partial charge on any atom is -0.321 e. The molecule has 0 saturated carbocycles. The molecule has 1 aliphatic heterocycles. The molecule has 1 unspecified atom stereocenters. The van der Waals surface area contributed by atoms with Crippen LogP contribution in [-0.2, 0) is 24.3 Å². The molecule has 1 aliphatic rings. The second-order valence-corrected chi connectivity index (χ2v) is 7.35. The van der Waals surface area contributed by atoms with Crippen LogP contribution in [0.5, 0.6) is 0 Å². The highest BCUT2D eigenvalue weighted by Crippen LogP contribution is 2.18. The SMILES string of the molecule is NC(CONC(=O)[C@@H]1CCCCN1C(=O)NOS(=O)(=O)O)c1cncs1. The molecule has 5 N–H and O–H groups in total. The number of rotatable bonds is 7. The van der Waals surface area contributed by atoms with Crippen molar-refractivity contribution in [3.05, 3.63) is 16.6 Å². The van der Waals surface area contributed by atoms with Crippen molar-refractivity contribution in [3.63, 3.8) is 0 Å². The van der Waals surface area contributed by atoms with E-state index >= 15 is 0 Å². The van der Waals surface area contributed by atoms with Gasteiger partial charge in [-0.1, -0.05) is 0 Å². The minimum absolute atomic E-state index is 0.0126. The maximum Gasteiger partial charge on any atom is 0.418 e. The van der Waals surface area contributed by atoms with Crippen molar-refractivity contribution in [1.29, 1.82) is 0 Å². The number of likely N-dealkylation sites (tertiary alicyclic amines) is 1. The highest BCUT2D eigenvalue weighted by molar-refractivity contribution is 7.80. The van der Waals surface area contributed by atoms with Crippen LogP contribution < -0.4 is 16.7 Å². The Kier molecular flexibility index (Phi) is 7.24. The Morgan fingerprint density at radius 2 is 2.23 bits per heavy atom. The van der Waals surface area contributed by atoms with Gasteiger partial charge < -0.3 is 10.6 Å². The fourth-order valence-corrected chi connectivity index (χ4v) is 3.14. The molecule has 1 aromatic rings. The largest absolute Gasteiger partial charge is 0.418 e. The maximum atomic E-state index is 12.3. The standard InChI is InChI=1S/C12H19N5O7S2/c13-8(10-5-14-7-25-10)6-23-15-11(18)9-3-1-2-4-17(9)12(19)16-24-26(20,21)22/h5,7-9H,1-4,6,13H2,(H,15,18)(H,16,19)(H,20,21,22)/t8?,9-/m0/s1. The predicted molar refractivity (Wildman–Crippen MR) is 88.6 cm³/mol. The number of carbonyl (C=O) groups excluding carboxylic acids is 2. The van der Waals surface area contributed by atoms with Gasteiger partial charge in [0.2, 0.25) is 0 Å². The van der Waals surface area contributed by atoms with Crippen LogP contribution in [0.3, 0.4) is 0 Å². The normalized spacial score (nSPS) is 19.0. The molecule has 1 fully saturated rings. The molecule has 0 bridgehead atoms. The summed E-state index contributed by atoms with van der Waals surface area (Å²) in [6.07, 6.45) is 3.28. The fraction of sp³-hybridized carbons (Fsp3) is 0.583. The van der Waals surface area contributed by atoms with Crippen molar-refractivity contribution in [2.24, 2.45) is 5.73 Å². The molecule has 0 radical (unpaired) electrons. The van der Waals surface area contributed by atoms with Gasteiger partial charge in [0.05, 0.1) is 18.2 Å². The summed E-state index contributed by atoms with van der Waals surface area (Å²) in [6.45, 7) is 0.220. The number of nitrogens with two attached hydrogens (primary N) is 1. The Morgan fingerprint density at radius 1 is 1.46 bits per heavy atom. The second kappa shape index (κ2) is 9.20. The number of amides is 3. The summed E-state index contributed by atoms with van der Waals surface area (Å²) in [4.78, 5) is 35.1. The molecule has 12 nitrogen and oxygen atoms in total. The van der Waals surface area contributed by atoms with E-state index in [-0.39, 0.29) is 13.2 Å². The van der Waals surface area contributed by atoms with Crippen molar-refractivity contribution in [2.45, 2.75) is 31.3 Å². The highest BCUT2D eigenvalue weighted by Gasteiger charge is 2.33. The molecule has 1 saturated heterocycles. The van der Waals surface area contributed by atoms with Gasteiger partial charge in [-0.15, -0.1) is 15.6 Å². The van der Waals surface area contributed by atoms with E-state index in [1.54, 1.807) is 17.2 Å². The number of nitrogens with zero attached hydrogens (tertiary/aromatic N) is 2. The molecule has 2 atom stereocenters. The van der Waals surface area contributed by atoms with Crippen molar-refractivity contribution >= 4 is 33.7 Å². The van der Waals surface area contributed by atoms with Crippen LogP contribution in [0.15, 0.2) is 11.7 Å². The Balaban J connectivity index is 1.85. The number of carbonyl (C=O) groups is 2. The highest BCUT2D eigenvalue weighted by atomic mass is 32.3. The summed E-state index contributed by atoms with van der Waals surface area (Å²) in [5, 5.41) is 0. The first kappa shape index (κ1) is 20.5. The predicted octanol–water partition coefficient (Wildman–Crippen LogP) is -0.511. The van der Waals surface area contributed by atoms with Gasteiger partial charge >= 0.3 is 16.4 Å². The summed E-state index contributed by atoms with van der Waals surface area (Å²) in [6, 6.07) is -2.31. The summed E-state index contributed by atoms with van der Waals surface area (Å²) >= 11 is 1.36. The van der Waals surface area contributed by atoms with E-state index in [1.165, 1.54) is 11.3 Å². The lowest BCUT2D eigenvalue weighted by Gasteiger charge is -2.33. The Bertz CT molecular complexity index is 712. The fourth-order valence-electron chi connectivity index (χ4n) is 2.36. The van der Waals surface area contributed by atoms with Gasteiger partial charge in [0.1, 0.15) is 6.04 Å². The summed E-state index contributed by atoms with van der Waals surface area (Å²) in [5.41, 5.74) is 11.3. The Hall–Kier alpha value is -1.84. The first-order chi connectivity index (χ1) is 12.3. The van der Waals surface area contributed by atoms with E-state index in [1.807, 2.05) is 0 Å². The lowest BCUT2D eigenvalue weighted by Crippen LogP contribution is -2.55. The molecule has 2 heterocycles. The third kappa shape index (κ3) is 6.15. The van der Waals surface area contributed by atoms with Crippen LogP contribution in [0.2, 0.25) is 0 Å². The molecule has 3 amide bonds. The molecule has 146 valence electrons. The van der Waals surface area contributed by atoms with Crippen molar-refractivity contribution in [2.75, 3.05) is 13.2 Å². The van der Waals surface area contributed by atoms with Gasteiger partial charge in [0.25, 0.3) is 5.91 Å². The van der Waals surface area contributed by atoms with Crippen LogP contribution in [0.1, 0.15) is 30.2 Å². The molecule has 2 rings (SSSR count). The topological polar surface area (TPSA) is 173 Å². The van der Waals surface area contributed by atoms with Gasteiger partial charge in [0, 0.05) is 17.6 Å². The Morgan fingerprint density at radius 3 is 2.88 bits per heavy atom. The third-order valence-corrected chi connectivity index (χ3v) is 4.75. The van der Waals surface area contributed by atoms with Crippen molar-refractivity contribution < 1.29 is 31.7 Å². The monoisotopic (exact) mass is 409 g/mol. The van der Waals surface area contributed by atoms with Crippen LogP contribution in [-0.4, -0.2) is 54.0 Å². The number of hydrogen-bond donors (Lipinski definition) is 4. The van der Waals surface area contributed by atoms with E-state index < -0.39 is 34.4 Å². The van der Waals surface area contributed by atoms with Crippen LogP contribution >= 0.6 is 11.3 Å². The zero-order chi connectivity index (χ0) is 19.2. The van der Waals surface area contributed by atoms with Crippen LogP contribution in [0.4, 0.5) is 4.79 Å². The molecule has 0 aliphatic carbocycles. The Labute approximate surface area is 153 Å². The summed E-state index contributed by atoms with van der Waals surface area (Å²) < 4.78 is 33.4. The minimum atomic E-state index is -4.84. The molecule has 0 aromatic carbocycles. The van der Waals surface area contributed by atoms with Crippen molar-refractivity contribution in [1.82, 2.24) is 20.8 Å². The van der Waals surface area contributed by atoms with Gasteiger partial charge in [-0.2, -0.15) is 13.9 Å². The molecule has 14 heteroatoms. The summed E-state index contributed by atoms with van der Waals surface area (Å²) in [5.74, 6) is -0.580. The first-order valence-electron chi connectivity index (χ1n) is 7.56. The van der Waals surface area contributed by atoms with Crippen LogP contribution in [0.25, 0.3) is 0 Å². The molecule has 1 aromatic heterocycles. The van der Waals surface area contributed by atoms with E-state index in [9.17, 15) is 18.0 Å². The molecular formula is C12H19N5O7S2. The molecule has 26 heavy (non-hydrogen) atoms. The second-order valence-electron chi connectivity index (χ2n) is 5.41. The van der Waals surface area contributed by atoms with Crippen LogP contribution in [0, 0.1) is 0 Å². The van der Waals surface area contributed by atoms with Gasteiger partial charge in [-0.05, 0) is 19.3 Å². The van der Waals surface area contributed by atoms with E-state index in [0.29, 0.717) is 19.3 Å². The number of hydrogen-bond acceptors (Lipinski definition) is 9. The van der Waals surface area contributed by atoms with Crippen molar-refractivity contribution in [3.8, 4) is 0 Å². The molecule has 0 spiro atoms. The van der Waals surface area contributed by atoms with Gasteiger partial charge in [-0.3, -0.25) is 19.2 Å². The first-order valence-corrected chi connectivity index (χ1v) is 9.80. The number of aromatic nitrogens is 1. The number of nitrogens with one attached hydrogen (secondary N) is 2. The number of hydroxylamine groups is 2. The van der Waals surface area contributed by atoms with E-state index in [0.717, 1.165) is 9.78 Å². The quantitative estimate of drug-likeness (QED) is 0.341. The van der Waals surface area contributed by atoms with E-state index in [4.69, 9.17) is 15.1 Å². The van der Waals surface area contributed by atoms with E-state index in [2.05, 4.69) is 14.7 Å².